The van der Waals surface area contributed by atoms with Crippen LogP contribution < -0.4 is 0 Å². The number of aromatic nitrogens is 2. The molecule has 0 aliphatic rings. The van der Waals surface area contributed by atoms with Crippen molar-refractivity contribution in [1.82, 2.24) is 9.78 Å². The highest BCUT2D eigenvalue weighted by Gasteiger charge is 2.24. The van der Waals surface area contributed by atoms with Gasteiger partial charge in [-0.3, -0.25) is 0 Å². The standard InChI is InChI=1S/C14H14BrClN2O2/c1-8(2)13-11(15)12(14(19)20-3)17-18(13)10-6-4-5-9(16)7-10/h4-8H,1-3H3. The van der Waals surface area contributed by atoms with Crippen LogP contribution in [0.4, 0.5) is 0 Å². The number of rotatable bonds is 3. The van der Waals surface area contributed by atoms with Crippen molar-refractivity contribution in [2.75, 3.05) is 7.11 Å². The zero-order valence-corrected chi connectivity index (χ0v) is 13.7. The average Bonchev–Trinajstić information content (AvgIpc) is 2.75. The number of benzene rings is 1. The molecule has 0 unspecified atom stereocenters. The van der Waals surface area contributed by atoms with Gasteiger partial charge in [0.2, 0.25) is 0 Å². The molecule has 0 atom stereocenters. The number of hydrogen-bond acceptors (Lipinski definition) is 3. The van der Waals surface area contributed by atoms with Crippen LogP contribution in [0.25, 0.3) is 5.69 Å². The summed E-state index contributed by atoms with van der Waals surface area (Å²) in [4.78, 5) is 11.8. The predicted molar refractivity (Wildman–Crippen MR) is 81.7 cm³/mol. The minimum Gasteiger partial charge on any atom is -0.464 e. The van der Waals surface area contributed by atoms with Crippen LogP contribution in [-0.2, 0) is 4.74 Å². The summed E-state index contributed by atoms with van der Waals surface area (Å²) >= 11 is 9.46. The van der Waals surface area contributed by atoms with Gasteiger partial charge >= 0.3 is 5.97 Å². The van der Waals surface area contributed by atoms with E-state index in [1.54, 1.807) is 16.8 Å². The van der Waals surface area contributed by atoms with Gasteiger partial charge in [-0.1, -0.05) is 31.5 Å². The maximum atomic E-state index is 11.8. The minimum absolute atomic E-state index is 0.175. The van der Waals surface area contributed by atoms with E-state index in [9.17, 15) is 4.79 Å². The zero-order valence-electron chi connectivity index (χ0n) is 11.4. The Bertz CT molecular complexity index is 653. The first-order valence-electron chi connectivity index (χ1n) is 6.08. The van der Waals surface area contributed by atoms with Crippen molar-refractivity contribution < 1.29 is 9.53 Å². The molecule has 2 rings (SSSR count). The Kier molecular flexibility index (Phi) is 4.50. The van der Waals surface area contributed by atoms with Gasteiger partial charge in [-0.15, -0.1) is 0 Å². The molecule has 20 heavy (non-hydrogen) atoms. The molecule has 1 aromatic heterocycles. The van der Waals surface area contributed by atoms with Gasteiger partial charge in [-0.25, -0.2) is 9.48 Å². The summed E-state index contributed by atoms with van der Waals surface area (Å²) in [5.41, 5.74) is 1.96. The van der Waals surface area contributed by atoms with Crippen LogP contribution in [0.3, 0.4) is 0 Å². The van der Waals surface area contributed by atoms with Crippen LogP contribution in [0.15, 0.2) is 28.7 Å². The summed E-state index contributed by atoms with van der Waals surface area (Å²) in [5.74, 6) is -0.297. The maximum absolute atomic E-state index is 11.8. The molecule has 4 nitrogen and oxygen atoms in total. The van der Waals surface area contributed by atoms with Gasteiger partial charge in [0.05, 0.1) is 23.0 Å². The van der Waals surface area contributed by atoms with E-state index in [1.807, 2.05) is 26.0 Å². The van der Waals surface area contributed by atoms with Crippen LogP contribution in [0.1, 0.15) is 35.9 Å². The molecule has 0 N–H and O–H groups in total. The second-order valence-corrected chi connectivity index (χ2v) is 5.82. The fourth-order valence-corrected chi connectivity index (χ4v) is 2.99. The monoisotopic (exact) mass is 356 g/mol. The lowest BCUT2D eigenvalue weighted by atomic mass is 10.1. The Morgan fingerprint density at radius 2 is 2.15 bits per heavy atom. The number of hydrogen-bond donors (Lipinski definition) is 0. The van der Waals surface area contributed by atoms with E-state index in [0.717, 1.165) is 11.4 Å². The molecule has 6 heteroatoms. The second-order valence-electron chi connectivity index (χ2n) is 4.59. The van der Waals surface area contributed by atoms with Gasteiger partial charge in [0.25, 0.3) is 0 Å². The Hall–Kier alpha value is -1.33. The summed E-state index contributed by atoms with van der Waals surface area (Å²) in [6.07, 6.45) is 0. The Morgan fingerprint density at radius 1 is 1.45 bits per heavy atom. The first-order chi connectivity index (χ1) is 9.45. The normalized spacial score (nSPS) is 10.9. The molecular formula is C14H14BrClN2O2. The first kappa shape index (κ1) is 15.1. The van der Waals surface area contributed by atoms with E-state index >= 15 is 0 Å². The minimum atomic E-state index is -0.473. The molecule has 0 radical (unpaired) electrons. The number of halogens is 2. The average molecular weight is 358 g/mol. The molecule has 0 bridgehead atoms. The van der Waals surface area contributed by atoms with Crippen LogP contribution >= 0.6 is 27.5 Å². The van der Waals surface area contributed by atoms with E-state index < -0.39 is 5.97 Å². The van der Waals surface area contributed by atoms with Crippen molar-refractivity contribution in [1.29, 1.82) is 0 Å². The molecule has 106 valence electrons. The van der Waals surface area contributed by atoms with E-state index in [4.69, 9.17) is 16.3 Å². The van der Waals surface area contributed by atoms with Crippen LogP contribution in [0, 0.1) is 0 Å². The molecular weight excluding hydrogens is 344 g/mol. The molecule has 0 amide bonds. The maximum Gasteiger partial charge on any atom is 0.359 e. The largest absolute Gasteiger partial charge is 0.464 e. The first-order valence-corrected chi connectivity index (χ1v) is 7.25. The highest BCUT2D eigenvalue weighted by Crippen LogP contribution is 2.31. The molecule has 1 heterocycles. The van der Waals surface area contributed by atoms with Crippen molar-refractivity contribution in [2.45, 2.75) is 19.8 Å². The highest BCUT2D eigenvalue weighted by molar-refractivity contribution is 9.10. The topological polar surface area (TPSA) is 44.1 Å². The van der Waals surface area contributed by atoms with Crippen LogP contribution in [-0.4, -0.2) is 22.9 Å². The molecule has 0 saturated heterocycles. The van der Waals surface area contributed by atoms with Crippen molar-refractivity contribution in [3.8, 4) is 5.69 Å². The molecule has 0 aliphatic carbocycles. The zero-order chi connectivity index (χ0) is 14.9. The number of carbonyl (C=O) groups is 1. The second kappa shape index (κ2) is 5.97. The van der Waals surface area contributed by atoms with Crippen molar-refractivity contribution >= 4 is 33.5 Å². The fraction of sp³-hybridized carbons (Fsp3) is 0.286. The summed E-state index contributed by atoms with van der Waals surface area (Å²) < 4.78 is 7.12. The Labute approximate surface area is 130 Å². The summed E-state index contributed by atoms with van der Waals surface area (Å²) in [5, 5.41) is 4.96. The number of carbonyl (C=O) groups excluding carboxylic acids is 1. The number of esters is 1. The summed E-state index contributed by atoms with van der Waals surface area (Å²) in [6, 6.07) is 7.32. The lowest BCUT2D eigenvalue weighted by Gasteiger charge is -2.10. The smallest absolute Gasteiger partial charge is 0.359 e. The van der Waals surface area contributed by atoms with E-state index in [2.05, 4.69) is 21.0 Å². The quantitative estimate of drug-likeness (QED) is 0.773. The molecule has 0 aliphatic heterocycles. The molecule has 1 aromatic carbocycles. The van der Waals surface area contributed by atoms with E-state index in [1.165, 1.54) is 7.11 Å². The number of methoxy groups -OCH3 is 1. The van der Waals surface area contributed by atoms with E-state index in [0.29, 0.717) is 9.50 Å². The van der Waals surface area contributed by atoms with Crippen molar-refractivity contribution in [3.63, 3.8) is 0 Å². The van der Waals surface area contributed by atoms with Crippen molar-refractivity contribution in [3.05, 3.63) is 45.1 Å². The predicted octanol–water partition coefficient (Wildman–Crippen LogP) is 4.20. The molecule has 0 saturated carbocycles. The lowest BCUT2D eigenvalue weighted by Crippen LogP contribution is -2.05. The van der Waals surface area contributed by atoms with Crippen molar-refractivity contribution in [2.24, 2.45) is 0 Å². The van der Waals surface area contributed by atoms with Crippen LogP contribution in [0.2, 0.25) is 5.02 Å². The van der Waals surface area contributed by atoms with Gasteiger partial charge < -0.3 is 4.74 Å². The molecule has 2 aromatic rings. The number of nitrogens with zero attached hydrogens (tertiary/aromatic N) is 2. The van der Waals surface area contributed by atoms with Gasteiger partial charge in [-0.05, 0) is 40.0 Å². The van der Waals surface area contributed by atoms with Gasteiger partial charge in [0.1, 0.15) is 0 Å². The highest BCUT2D eigenvalue weighted by atomic mass is 79.9. The van der Waals surface area contributed by atoms with Gasteiger partial charge in [0.15, 0.2) is 5.69 Å². The Balaban J connectivity index is 2.66. The third kappa shape index (κ3) is 2.74. The fourth-order valence-electron chi connectivity index (χ4n) is 1.94. The Morgan fingerprint density at radius 3 is 2.70 bits per heavy atom. The summed E-state index contributed by atoms with van der Waals surface area (Å²) in [6.45, 7) is 4.06. The van der Waals surface area contributed by atoms with Gasteiger partial charge in [0, 0.05) is 5.02 Å². The number of ether oxygens (including phenoxy) is 1. The summed E-state index contributed by atoms with van der Waals surface area (Å²) in [7, 11) is 1.34. The third-order valence-corrected chi connectivity index (χ3v) is 3.86. The van der Waals surface area contributed by atoms with Crippen LogP contribution in [0.5, 0.6) is 0 Å². The SMILES string of the molecule is COC(=O)c1nn(-c2cccc(Cl)c2)c(C(C)C)c1Br. The lowest BCUT2D eigenvalue weighted by molar-refractivity contribution is 0.0592. The van der Waals surface area contributed by atoms with Gasteiger partial charge in [-0.2, -0.15) is 5.10 Å². The van der Waals surface area contributed by atoms with E-state index in [-0.39, 0.29) is 11.6 Å². The molecule has 0 fully saturated rings. The molecule has 0 spiro atoms. The third-order valence-electron chi connectivity index (χ3n) is 2.84.